The number of hydrogen-bond donors (Lipinski definition) is 1. The minimum atomic E-state index is -3.11. The van der Waals surface area contributed by atoms with Crippen LogP contribution in [-0.4, -0.2) is 76.5 Å². The average molecular weight is 802 g/mol. The summed E-state index contributed by atoms with van der Waals surface area (Å²) in [6.07, 6.45) is 5.12. The van der Waals surface area contributed by atoms with Crippen LogP contribution in [0.25, 0.3) is 11.2 Å². The van der Waals surface area contributed by atoms with Crippen LogP contribution < -0.4 is 20.5 Å². The molecular formula is C41H59N5O6Si3. The number of nitrogen functional groups attached to an aromatic ring is 1. The van der Waals surface area contributed by atoms with Crippen LogP contribution in [0, 0.1) is 12.3 Å². The van der Waals surface area contributed by atoms with Crippen LogP contribution >= 0.6 is 0 Å². The smallest absolute Gasteiger partial charge is 0.335 e. The van der Waals surface area contributed by atoms with Crippen LogP contribution in [0.5, 0.6) is 5.88 Å². The second-order valence-corrected chi connectivity index (χ2v) is 30.1. The second-order valence-electron chi connectivity index (χ2n) is 17.1. The molecule has 55 heavy (non-hydrogen) atoms. The maximum absolute atomic E-state index is 7.46. The molecule has 0 radical (unpaired) electrons. The molecule has 0 amide bonds. The number of benzene rings is 2. The second kappa shape index (κ2) is 15.9. The van der Waals surface area contributed by atoms with Crippen molar-refractivity contribution in [2.24, 2.45) is 0 Å². The molecule has 6 rings (SSSR count). The van der Waals surface area contributed by atoms with Crippen molar-refractivity contribution in [2.45, 2.75) is 128 Å². The molecular weight excluding hydrogens is 743 g/mol. The van der Waals surface area contributed by atoms with E-state index in [9.17, 15) is 0 Å². The number of terminal acetylenes is 1. The highest BCUT2D eigenvalue weighted by Crippen LogP contribution is 2.49. The Morgan fingerprint density at radius 2 is 1.45 bits per heavy atom. The molecule has 296 valence electrons. The van der Waals surface area contributed by atoms with Crippen molar-refractivity contribution in [2.75, 3.05) is 18.9 Å². The van der Waals surface area contributed by atoms with Gasteiger partial charge in [0.1, 0.15) is 24.9 Å². The van der Waals surface area contributed by atoms with Crippen LogP contribution in [0.4, 0.5) is 5.95 Å². The first-order valence-electron chi connectivity index (χ1n) is 19.5. The number of nitrogens with two attached hydrogens (primary N) is 1. The first kappa shape index (κ1) is 41.2. The molecule has 0 spiro atoms. The van der Waals surface area contributed by atoms with Crippen molar-refractivity contribution >= 4 is 52.9 Å². The van der Waals surface area contributed by atoms with E-state index in [4.69, 9.17) is 54.0 Å². The lowest BCUT2D eigenvalue weighted by atomic mass is 10.1. The summed E-state index contributed by atoms with van der Waals surface area (Å²) < 4.78 is 44.6. The SMILES string of the molecule is C#CCO[C@@H]1[C@@H]2O[Si](C(C)C)(C(C)C)O[Si](C(C)C)(C(C)C)OC[C@H]2O[C@H]1n1cnc2c(O[Si](c3ccccc3)(c3ccccc3)C(C)(C)C)nc(N)nc21. The molecule has 0 bridgehead atoms. The highest BCUT2D eigenvalue weighted by molar-refractivity contribution is 7.00. The van der Waals surface area contributed by atoms with E-state index in [1.165, 1.54) is 0 Å². The van der Waals surface area contributed by atoms with E-state index in [2.05, 4.69) is 106 Å². The largest absolute Gasteiger partial charge is 0.519 e. The number of aromatic nitrogens is 4. The maximum Gasteiger partial charge on any atom is 0.335 e. The zero-order valence-electron chi connectivity index (χ0n) is 34.3. The van der Waals surface area contributed by atoms with Gasteiger partial charge in [-0.3, -0.25) is 4.57 Å². The average Bonchev–Trinajstić information content (AvgIpc) is 3.69. The number of ether oxygens (including phenoxy) is 2. The van der Waals surface area contributed by atoms with Gasteiger partial charge in [0, 0.05) is 0 Å². The van der Waals surface area contributed by atoms with Crippen molar-refractivity contribution in [1.82, 2.24) is 19.5 Å². The van der Waals surface area contributed by atoms with Gasteiger partial charge in [0.2, 0.25) is 11.8 Å². The monoisotopic (exact) mass is 801 g/mol. The molecule has 11 nitrogen and oxygen atoms in total. The maximum atomic E-state index is 7.46. The summed E-state index contributed by atoms with van der Waals surface area (Å²) in [6.45, 7) is 24.6. The molecule has 2 saturated heterocycles. The molecule has 14 heteroatoms. The third-order valence-electron chi connectivity index (χ3n) is 11.3. The number of imidazole rings is 1. The Bertz CT molecular complexity index is 1910. The fraction of sp³-hybridized carbons (Fsp3) is 0.537. The predicted molar refractivity (Wildman–Crippen MR) is 224 cm³/mol. The summed E-state index contributed by atoms with van der Waals surface area (Å²) in [5.41, 5.74) is 8.08. The molecule has 2 aromatic heterocycles. The van der Waals surface area contributed by atoms with Gasteiger partial charge in [-0.15, -0.1) is 6.42 Å². The van der Waals surface area contributed by atoms with Crippen LogP contribution in [-0.2, 0) is 22.4 Å². The van der Waals surface area contributed by atoms with E-state index < -0.39 is 50.0 Å². The van der Waals surface area contributed by atoms with E-state index in [1.54, 1.807) is 6.33 Å². The van der Waals surface area contributed by atoms with E-state index in [1.807, 2.05) is 41.0 Å². The van der Waals surface area contributed by atoms with Crippen molar-refractivity contribution in [3.05, 3.63) is 67.0 Å². The van der Waals surface area contributed by atoms with Gasteiger partial charge >= 0.3 is 25.4 Å². The predicted octanol–water partition coefficient (Wildman–Crippen LogP) is 7.22. The van der Waals surface area contributed by atoms with Gasteiger partial charge in [0.05, 0.1) is 12.9 Å². The number of fused-ring (bicyclic) bond motifs is 2. The summed E-state index contributed by atoms with van der Waals surface area (Å²) in [5.74, 6) is 3.02. The first-order chi connectivity index (χ1) is 26.0. The molecule has 4 atom stereocenters. The van der Waals surface area contributed by atoms with E-state index in [-0.39, 0.29) is 46.4 Å². The molecule has 2 N–H and O–H groups in total. The van der Waals surface area contributed by atoms with Crippen LogP contribution in [0.3, 0.4) is 0 Å². The Morgan fingerprint density at radius 1 is 0.891 bits per heavy atom. The van der Waals surface area contributed by atoms with Crippen LogP contribution in [0.2, 0.25) is 27.2 Å². The Morgan fingerprint density at radius 3 is 1.96 bits per heavy atom. The van der Waals surface area contributed by atoms with Gasteiger partial charge in [-0.2, -0.15) is 9.97 Å². The Kier molecular flexibility index (Phi) is 11.9. The Balaban J connectivity index is 1.49. The molecule has 2 aliphatic heterocycles. The van der Waals surface area contributed by atoms with Crippen molar-refractivity contribution in [1.29, 1.82) is 0 Å². The third kappa shape index (κ3) is 7.23. The molecule has 2 aliphatic rings. The molecule has 4 aromatic rings. The third-order valence-corrected chi connectivity index (χ3v) is 26.5. The van der Waals surface area contributed by atoms with Crippen molar-refractivity contribution in [3.63, 3.8) is 0 Å². The highest BCUT2D eigenvalue weighted by atomic mass is 28.5. The minimum absolute atomic E-state index is 0.0518. The molecule has 4 heterocycles. The van der Waals surface area contributed by atoms with Crippen molar-refractivity contribution < 1.29 is 26.9 Å². The van der Waals surface area contributed by atoms with Gasteiger partial charge in [-0.25, -0.2) is 4.98 Å². The molecule has 0 aliphatic carbocycles. The quantitative estimate of drug-likeness (QED) is 0.123. The normalized spacial score (nSPS) is 22.9. The number of anilines is 1. The van der Waals surface area contributed by atoms with Gasteiger partial charge in [-0.05, 0) is 37.6 Å². The lowest BCUT2D eigenvalue weighted by molar-refractivity contribution is -0.0635. The molecule has 2 fully saturated rings. The van der Waals surface area contributed by atoms with E-state index in [0.717, 1.165) is 10.4 Å². The van der Waals surface area contributed by atoms with Gasteiger partial charge < -0.3 is 32.6 Å². The van der Waals surface area contributed by atoms with Crippen molar-refractivity contribution in [3.8, 4) is 18.2 Å². The fourth-order valence-electron chi connectivity index (χ4n) is 8.63. The van der Waals surface area contributed by atoms with E-state index in [0.29, 0.717) is 17.0 Å². The summed E-state index contributed by atoms with van der Waals surface area (Å²) >= 11 is 0. The van der Waals surface area contributed by atoms with Crippen LogP contribution in [0.15, 0.2) is 67.0 Å². The zero-order valence-corrected chi connectivity index (χ0v) is 37.3. The lowest BCUT2D eigenvalue weighted by Crippen LogP contribution is -2.69. The number of rotatable bonds is 11. The topological polar surface area (TPSA) is 125 Å². The number of hydrogen-bond acceptors (Lipinski definition) is 10. The molecule has 2 aromatic carbocycles. The standard InChI is InChI=1S/C41H59N5O6Si3/c1-13-24-47-36-35-33(25-48-54(27(2)3,28(4)5)52-55(50-35,29(6)7)30(8)9)49-39(36)46-26-43-34-37(46)44-40(42)45-38(34)51-53(41(10,11)12,31-20-16-14-17-21-31)32-22-18-15-19-23-32/h1,14-23,26-30,33,35-36,39H,24-25H2,2-12H3,(H2,42,44,45)/t33-,35-,36-,39-/m1/s1. The Labute approximate surface area is 330 Å². The summed E-state index contributed by atoms with van der Waals surface area (Å²) in [6, 6.07) is 20.8. The van der Waals surface area contributed by atoms with Crippen LogP contribution in [0.1, 0.15) is 82.4 Å². The van der Waals surface area contributed by atoms with E-state index >= 15 is 0 Å². The van der Waals surface area contributed by atoms with Gasteiger partial charge in [0.25, 0.3) is 0 Å². The Hall–Kier alpha value is -3.40. The molecule has 0 unspecified atom stereocenters. The lowest BCUT2D eigenvalue weighted by Gasteiger charge is -2.51. The zero-order chi connectivity index (χ0) is 39.9. The first-order valence-corrected chi connectivity index (χ1v) is 25.4. The summed E-state index contributed by atoms with van der Waals surface area (Å²) in [4.78, 5) is 14.4. The minimum Gasteiger partial charge on any atom is -0.519 e. The fourth-order valence-corrected chi connectivity index (χ4v) is 24.2. The summed E-state index contributed by atoms with van der Waals surface area (Å²) in [7, 11) is -8.92. The van der Waals surface area contributed by atoms with Gasteiger partial charge in [0.15, 0.2) is 17.4 Å². The number of nitrogens with zero attached hydrogens (tertiary/aromatic N) is 4. The summed E-state index contributed by atoms with van der Waals surface area (Å²) in [5, 5.41) is 1.87. The highest BCUT2D eigenvalue weighted by Gasteiger charge is 2.62. The van der Waals surface area contributed by atoms with Gasteiger partial charge in [-0.1, -0.05) is 143 Å². The molecule has 0 saturated carbocycles.